The molecule has 0 bridgehead atoms. The Kier molecular flexibility index (Phi) is 4.47. The van der Waals surface area contributed by atoms with Gasteiger partial charge in [0, 0.05) is 25.9 Å². The predicted molar refractivity (Wildman–Crippen MR) is 79.6 cm³/mol. The molecule has 3 rings (SSSR count). The Hall–Kier alpha value is -1.92. The number of fused-ring (bicyclic) bond motifs is 1. The third kappa shape index (κ3) is 3.22. The lowest BCUT2D eigenvalue weighted by molar-refractivity contribution is 0.198. The molecule has 0 spiro atoms. The maximum Gasteiger partial charge on any atom is 0.322 e. The largest absolute Gasteiger partial charge is 0.406 e. The molecule has 0 saturated heterocycles. The first-order valence-electron chi connectivity index (χ1n) is 7.26. The lowest BCUT2D eigenvalue weighted by Gasteiger charge is -2.27. The molecular formula is C15H20N4O2. The van der Waals surface area contributed by atoms with Crippen LogP contribution in [0.2, 0.25) is 0 Å². The minimum Gasteiger partial charge on any atom is -0.406 e. The van der Waals surface area contributed by atoms with Crippen LogP contribution in [0.4, 0.5) is 11.7 Å². The highest BCUT2D eigenvalue weighted by Gasteiger charge is 2.22. The molecule has 2 aromatic rings. The highest BCUT2D eigenvalue weighted by atomic mass is 16.5. The quantitative estimate of drug-likeness (QED) is 0.819. The van der Waals surface area contributed by atoms with Gasteiger partial charge in [0.2, 0.25) is 5.89 Å². The minimum absolute atomic E-state index is 0.561. The topological polar surface area (TPSA) is 63.4 Å². The first-order valence-corrected chi connectivity index (χ1v) is 7.26. The van der Waals surface area contributed by atoms with Crippen LogP contribution in [0.5, 0.6) is 0 Å². The van der Waals surface area contributed by atoms with Gasteiger partial charge in [-0.2, -0.15) is 0 Å². The van der Waals surface area contributed by atoms with Crippen molar-refractivity contribution in [1.82, 2.24) is 15.5 Å². The van der Waals surface area contributed by atoms with Crippen LogP contribution in [-0.4, -0.2) is 37.0 Å². The van der Waals surface area contributed by atoms with E-state index in [0.717, 1.165) is 25.9 Å². The highest BCUT2D eigenvalue weighted by molar-refractivity contribution is 5.62. The summed E-state index contributed by atoms with van der Waals surface area (Å²) in [5.74, 6) is 0.601. The van der Waals surface area contributed by atoms with Gasteiger partial charge in [0.05, 0.1) is 13.2 Å². The summed E-state index contributed by atoms with van der Waals surface area (Å²) in [6.45, 7) is 2.91. The molecule has 2 heterocycles. The Labute approximate surface area is 124 Å². The van der Waals surface area contributed by atoms with E-state index in [1.54, 1.807) is 7.11 Å². The van der Waals surface area contributed by atoms with E-state index in [1.165, 1.54) is 11.3 Å². The molecule has 0 aliphatic carbocycles. The number of anilines is 2. The molecule has 0 atom stereocenters. The molecule has 1 aliphatic heterocycles. The van der Waals surface area contributed by atoms with Gasteiger partial charge in [-0.3, -0.25) is 4.90 Å². The number of rotatable bonds is 6. The zero-order valence-corrected chi connectivity index (χ0v) is 12.2. The molecule has 6 nitrogen and oxygen atoms in total. The molecule has 112 valence electrons. The fourth-order valence-corrected chi connectivity index (χ4v) is 2.53. The molecule has 0 amide bonds. The molecule has 1 N–H and O–H groups in total. The van der Waals surface area contributed by atoms with Crippen LogP contribution in [0.1, 0.15) is 17.9 Å². The zero-order chi connectivity index (χ0) is 14.5. The molecule has 1 aromatic carbocycles. The van der Waals surface area contributed by atoms with Gasteiger partial charge in [0.25, 0.3) is 0 Å². The normalized spacial score (nSPS) is 14.2. The average Bonchev–Trinajstić information content (AvgIpc) is 3.00. The third-order valence-electron chi connectivity index (χ3n) is 3.56. The number of hydrogen-bond donors (Lipinski definition) is 1. The molecule has 21 heavy (non-hydrogen) atoms. The van der Waals surface area contributed by atoms with E-state index in [9.17, 15) is 0 Å². The third-order valence-corrected chi connectivity index (χ3v) is 3.56. The summed E-state index contributed by atoms with van der Waals surface area (Å²) in [6.07, 6.45) is 2.20. The van der Waals surface area contributed by atoms with Crippen molar-refractivity contribution in [2.45, 2.75) is 19.4 Å². The number of aryl methyl sites for hydroxylation is 1. The monoisotopic (exact) mass is 288 g/mol. The predicted octanol–water partition coefficient (Wildman–Crippen LogP) is 1.89. The van der Waals surface area contributed by atoms with Crippen molar-refractivity contribution in [3.05, 3.63) is 35.7 Å². The van der Waals surface area contributed by atoms with Crippen LogP contribution in [0.15, 0.2) is 28.7 Å². The van der Waals surface area contributed by atoms with Crippen LogP contribution < -0.4 is 10.2 Å². The fraction of sp³-hybridized carbons (Fsp3) is 0.467. The number of para-hydroxylation sites is 1. The number of benzene rings is 1. The van der Waals surface area contributed by atoms with Crippen LogP contribution in [-0.2, 0) is 17.7 Å². The second-order valence-electron chi connectivity index (χ2n) is 5.03. The van der Waals surface area contributed by atoms with Gasteiger partial charge < -0.3 is 14.5 Å². The molecule has 0 radical (unpaired) electrons. The smallest absolute Gasteiger partial charge is 0.322 e. The van der Waals surface area contributed by atoms with Crippen LogP contribution >= 0.6 is 0 Å². The number of ether oxygens (including phenoxy) is 1. The Morgan fingerprint density at radius 2 is 2.24 bits per heavy atom. The lowest BCUT2D eigenvalue weighted by Crippen LogP contribution is -2.24. The van der Waals surface area contributed by atoms with Crippen molar-refractivity contribution < 1.29 is 9.15 Å². The molecular weight excluding hydrogens is 268 g/mol. The Morgan fingerprint density at radius 1 is 1.33 bits per heavy atom. The Balaban J connectivity index is 1.69. The van der Waals surface area contributed by atoms with E-state index in [4.69, 9.17) is 9.15 Å². The first-order chi connectivity index (χ1) is 10.4. The number of aromatic nitrogens is 2. The SMILES string of the molecule is COCCNCc1nnc(N2CCCc3ccccc32)o1. The average molecular weight is 288 g/mol. The van der Waals surface area contributed by atoms with Crippen molar-refractivity contribution in [2.24, 2.45) is 0 Å². The summed E-state index contributed by atoms with van der Waals surface area (Å²) in [7, 11) is 1.68. The molecule has 1 aromatic heterocycles. The van der Waals surface area contributed by atoms with Crippen molar-refractivity contribution >= 4 is 11.7 Å². The van der Waals surface area contributed by atoms with Gasteiger partial charge in [0.15, 0.2) is 0 Å². The summed E-state index contributed by atoms with van der Waals surface area (Å²) in [5, 5.41) is 11.5. The second-order valence-corrected chi connectivity index (χ2v) is 5.03. The number of nitrogens with zero attached hydrogens (tertiary/aromatic N) is 3. The molecule has 0 saturated carbocycles. The second kappa shape index (κ2) is 6.69. The summed E-state index contributed by atoms with van der Waals surface area (Å²) in [6, 6.07) is 8.95. The van der Waals surface area contributed by atoms with Gasteiger partial charge in [-0.05, 0) is 24.5 Å². The van der Waals surface area contributed by atoms with Crippen molar-refractivity contribution in [3.63, 3.8) is 0 Å². The maximum atomic E-state index is 5.76. The van der Waals surface area contributed by atoms with Crippen LogP contribution in [0.3, 0.4) is 0 Å². The molecule has 0 unspecified atom stereocenters. The van der Waals surface area contributed by atoms with E-state index in [0.29, 0.717) is 25.1 Å². The van der Waals surface area contributed by atoms with Gasteiger partial charge >= 0.3 is 6.01 Å². The zero-order valence-electron chi connectivity index (χ0n) is 12.2. The van der Waals surface area contributed by atoms with Gasteiger partial charge in [-0.1, -0.05) is 23.3 Å². The number of hydrogen-bond acceptors (Lipinski definition) is 6. The van der Waals surface area contributed by atoms with E-state index < -0.39 is 0 Å². The molecule has 1 aliphatic rings. The van der Waals surface area contributed by atoms with Gasteiger partial charge in [-0.15, -0.1) is 5.10 Å². The minimum atomic E-state index is 0.561. The number of nitrogens with one attached hydrogen (secondary N) is 1. The van der Waals surface area contributed by atoms with Crippen molar-refractivity contribution in [1.29, 1.82) is 0 Å². The molecule has 0 fully saturated rings. The van der Waals surface area contributed by atoms with Crippen LogP contribution in [0.25, 0.3) is 0 Å². The van der Waals surface area contributed by atoms with E-state index in [1.807, 2.05) is 6.07 Å². The Morgan fingerprint density at radius 3 is 3.14 bits per heavy atom. The summed E-state index contributed by atoms with van der Waals surface area (Å²) in [4.78, 5) is 2.10. The Bertz CT molecular complexity index is 585. The lowest BCUT2D eigenvalue weighted by atomic mass is 10.0. The highest BCUT2D eigenvalue weighted by Crippen LogP contribution is 2.32. The maximum absolute atomic E-state index is 5.76. The standard InChI is InChI=1S/C15H20N4O2/c1-20-10-8-16-11-14-17-18-15(21-14)19-9-4-6-12-5-2-3-7-13(12)19/h2-3,5,7,16H,4,6,8-11H2,1H3. The van der Waals surface area contributed by atoms with Gasteiger partial charge in [-0.25, -0.2) is 0 Å². The number of methoxy groups -OCH3 is 1. The summed E-state index contributed by atoms with van der Waals surface area (Å²) >= 11 is 0. The summed E-state index contributed by atoms with van der Waals surface area (Å²) < 4.78 is 10.7. The van der Waals surface area contributed by atoms with Crippen molar-refractivity contribution in [2.75, 3.05) is 31.7 Å². The summed E-state index contributed by atoms with van der Waals surface area (Å²) in [5.41, 5.74) is 2.51. The van der Waals surface area contributed by atoms with Crippen LogP contribution in [0, 0.1) is 0 Å². The van der Waals surface area contributed by atoms with E-state index in [2.05, 4.69) is 38.6 Å². The van der Waals surface area contributed by atoms with Crippen molar-refractivity contribution in [3.8, 4) is 0 Å². The van der Waals surface area contributed by atoms with E-state index in [-0.39, 0.29) is 0 Å². The fourth-order valence-electron chi connectivity index (χ4n) is 2.53. The van der Waals surface area contributed by atoms with E-state index >= 15 is 0 Å². The first kappa shape index (κ1) is 14.0. The van der Waals surface area contributed by atoms with Gasteiger partial charge in [0.1, 0.15) is 0 Å². The molecule has 6 heteroatoms.